The van der Waals surface area contributed by atoms with Gasteiger partial charge in [-0.2, -0.15) is 0 Å². The minimum Gasteiger partial charge on any atom is -0.360 e. The first-order valence-electron chi connectivity index (χ1n) is 6.66. The lowest BCUT2D eigenvalue weighted by Crippen LogP contribution is -2.15. The van der Waals surface area contributed by atoms with Gasteiger partial charge in [-0.3, -0.25) is 4.79 Å². The molecule has 2 rings (SSSR count). The molecule has 1 aromatic heterocycles. The first kappa shape index (κ1) is 15.8. The number of aryl methyl sites for hydroxylation is 2. The molecule has 2 N–H and O–H groups in total. The Labute approximate surface area is 132 Å². The number of benzene rings is 1. The lowest BCUT2D eigenvalue weighted by molar-refractivity contribution is -0.113. The van der Waals surface area contributed by atoms with Gasteiger partial charge in [0.15, 0.2) is 4.34 Å². The molecule has 0 atom stereocenters. The van der Waals surface area contributed by atoms with E-state index in [1.807, 2.05) is 39.0 Å². The van der Waals surface area contributed by atoms with Crippen molar-refractivity contribution in [3.05, 3.63) is 29.3 Å². The number of carbonyl (C=O) groups is 1. The third kappa shape index (κ3) is 4.44. The monoisotopic (exact) mass is 322 g/mol. The molecule has 0 spiro atoms. The predicted molar refractivity (Wildman–Crippen MR) is 89.3 cm³/mol. The number of hydrogen-bond donors (Lipinski definition) is 2. The van der Waals surface area contributed by atoms with Crippen molar-refractivity contribution in [2.24, 2.45) is 0 Å². The van der Waals surface area contributed by atoms with E-state index in [0.29, 0.717) is 5.75 Å². The summed E-state index contributed by atoms with van der Waals surface area (Å²) >= 11 is 2.86. The fourth-order valence-corrected chi connectivity index (χ4v) is 3.42. The Kier molecular flexibility index (Phi) is 5.58. The van der Waals surface area contributed by atoms with Gasteiger partial charge < -0.3 is 10.6 Å². The van der Waals surface area contributed by atoms with Crippen LogP contribution in [0.5, 0.6) is 0 Å². The van der Waals surface area contributed by atoms with E-state index in [1.54, 1.807) is 0 Å². The fraction of sp³-hybridized carbons (Fsp3) is 0.357. The lowest BCUT2D eigenvalue weighted by atomic mass is 10.1. The summed E-state index contributed by atoms with van der Waals surface area (Å²) in [7, 11) is 0. The zero-order valence-corrected chi connectivity index (χ0v) is 13.9. The van der Waals surface area contributed by atoms with Crippen molar-refractivity contribution in [2.45, 2.75) is 25.1 Å². The smallest absolute Gasteiger partial charge is 0.234 e. The van der Waals surface area contributed by atoms with E-state index in [1.165, 1.54) is 23.1 Å². The third-order valence-corrected chi connectivity index (χ3v) is 4.82. The average molecular weight is 322 g/mol. The van der Waals surface area contributed by atoms with E-state index in [0.717, 1.165) is 32.8 Å². The van der Waals surface area contributed by atoms with E-state index in [2.05, 4.69) is 20.8 Å². The lowest BCUT2D eigenvalue weighted by Gasteiger charge is -2.10. The largest absolute Gasteiger partial charge is 0.360 e. The Balaban J connectivity index is 1.90. The molecule has 0 aliphatic heterocycles. The van der Waals surface area contributed by atoms with Gasteiger partial charge in [0.1, 0.15) is 0 Å². The van der Waals surface area contributed by atoms with Gasteiger partial charge >= 0.3 is 0 Å². The van der Waals surface area contributed by atoms with Crippen LogP contribution in [0, 0.1) is 13.8 Å². The maximum atomic E-state index is 12.0. The second-order valence-electron chi connectivity index (χ2n) is 4.51. The van der Waals surface area contributed by atoms with Crippen LogP contribution in [0.25, 0.3) is 0 Å². The predicted octanol–water partition coefficient (Wildman–Crippen LogP) is 3.32. The third-order valence-electron chi connectivity index (χ3n) is 2.81. The molecular weight excluding hydrogens is 304 g/mol. The van der Waals surface area contributed by atoms with Crippen LogP contribution in [-0.2, 0) is 4.79 Å². The summed E-state index contributed by atoms with van der Waals surface area (Å²) in [5.74, 6) is 0.298. The van der Waals surface area contributed by atoms with Crippen LogP contribution >= 0.6 is 23.1 Å². The minimum absolute atomic E-state index is 0.0300. The summed E-state index contributed by atoms with van der Waals surface area (Å²) in [4.78, 5) is 12.0. The van der Waals surface area contributed by atoms with E-state index >= 15 is 0 Å². The highest BCUT2D eigenvalue weighted by molar-refractivity contribution is 8.01. The molecule has 0 aliphatic rings. The number of nitrogens with one attached hydrogen (secondary N) is 2. The zero-order valence-electron chi connectivity index (χ0n) is 12.3. The van der Waals surface area contributed by atoms with Crippen molar-refractivity contribution >= 4 is 39.8 Å². The van der Waals surface area contributed by atoms with Gasteiger partial charge in [-0.05, 0) is 31.9 Å². The molecule has 0 bridgehead atoms. The van der Waals surface area contributed by atoms with Gasteiger partial charge in [0.25, 0.3) is 0 Å². The van der Waals surface area contributed by atoms with Gasteiger partial charge in [-0.15, -0.1) is 10.2 Å². The molecule has 1 aromatic carbocycles. The second-order valence-corrected chi connectivity index (χ2v) is 6.71. The summed E-state index contributed by atoms with van der Waals surface area (Å²) in [6.45, 7) is 6.80. The van der Waals surface area contributed by atoms with Crippen LogP contribution in [0.3, 0.4) is 0 Å². The molecular formula is C14H18N4OS2. The average Bonchev–Trinajstić information content (AvgIpc) is 2.89. The molecule has 0 saturated heterocycles. The summed E-state index contributed by atoms with van der Waals surface area (Å²) in [5.41, 5.74) is 3.03. The first-order chi connectivity index (χ1) is 10.1. The van der Waals surface area contributed by atoms with Gasteiger partial charge in [-0.25, -0.2) is 0 Å². The number of carbonyl (C=O) groups excluding carboxylic acids is 1. The Bertz CT molecular complexity index is 607. The van der Waals surface area contributed by atoms with Crippen LogP contribution in [0.4, 0.5) is 10.8 Å². The number of rotatable bonds is 6. The van der Waals surface area contributed by atoms with Crippen molar-refractivity contribution in [3.8, 4) is 0 Å². The Hall–Kier alpha value is -1.60. The number of aromatic nitrogens is 2. The Morgan fingerprint density at radius 2 is 2.00 bits per heavy atom. The van der Waals surface area contributed by atoms with E-state index in [-0.39, 0.29) is 5.91 Å². The summed E-state index contributed by atoms with van der Waals surface area (Å²) in [5, 5.41) is 14.9. The molecule has 112 valence electrons. The molecule has 0 radical (unpaired) electrons. The number of nitrogens with zero attached hydrogens (tertiary/aromatic N) is 2. The SMILES string of the molecule is CCNc1nnc(SCC(=O)Nc2c(C)cccc2C)s1. The standard InChI is InChI=1S/C14H18N4OS2/c1-4-15-13-17-18-14(21-13)20-8-11(19)16-12-9(2)6-5-7-10(12)3/h5-7H,4,8H2,1-3H3,(H,15,17)(H,16,19). The zero-order chi connectivity index (χ0) is 15.2. The van der Waals surface area contributed by atoms with Gasteiger partial charge in [0.2, 0.25) is 11.0 Å². The van der Waals surface area contributed by atoms with Gasteiger partial charge in [-0.1, -0.05) is 41.3 Å². The van der Waals surface area contributed by atoms with Crippen molar-refractivity contribution in [1.82, 2.24) is 10.2 Å². The second kappa shape index (κ2) is 7.42. The molecule has 0 aliphatic carbocycles. The molecule has 5 nitrogen and oxygen atoms in total. The van der Waals surface area contributed by atoms with E-state index in [9.17, 15) is 4.79 Å². The van der Waals surface area contributed by atoms with Gasteiger partial charge in [0.05, 0.1) is 5.75 Å². The molecule has 1 heterocycles. The quantitative estimate of drug-likeness (QED) is 0.799. The molecule has 2 aromatic rings. The first-order valence-corrected chi connectivity index (χ1v) is 8.46. The summed E-state index contributed by atoms with van der Waals surface area (Å²) < 4.78 is 0.794. The van der Waals surface area contributed by atoms with Crippen LogP contribution in [0.2, 0.25) is 0 Å². The van der Waals surface area contributed by atoms with E-state index in [4.69, 9.17) is 0 Å². The number of anilines is 2. The number of para-hydroxylation sites is 1. The molecule has 0 fully saturated rings. The number of amides is 1. The van der Waals surface area contributed by atoms with Crippen molar-refractivity contribution in [2.75, 3.05) is 22.9 Å². The Morgan fingerprint density at radius 3 is 2.67 bits per heavy atom. The fourth-order valence-electron chi connectivity index (χ4n) is 1.81. The Morgan fingerprint density at radius 1 is 1.29 bits per heavy atom. The molecule has 0 unspecified atom stereocenters. The minimum atomic E-state index is -0.0300. The maximum Gasteiger partial charge on any atom is 0.234 e. The number of hydrogen-bond acceptors (Lipinski definition) is 6. The van der Waals surface area contributed by atoms with Crippen LogP contribution in [0.1, 0.15) is 18.1 Å². The van der Waals surface area contributed by atoms with Gasteiger partial charge in [0, 0.05) is 12.2 Å². The number of thioether (sulfide) groups is 1. The van der Waals surface area contributed by atoms with Crippen molar-refractivity contribution < 1.29 is 4.79 Å². The van der Waals surface area contributed by atoms with Crippen LogP contribution < -0.4 is 10.6 Å². The highest BCUT2D eigenvalue weighted by atomic mass is 32.2. The summed E-state index contributed by atoms with van der Waals surface area (Å²) in [6, 6.07) is 5.96. The molecule has 1 amide bonds. The molecule has 21 heavy (non-hydrogen) atoms. The van der Waals surface area contributed by atoms with Crippen molar-refractivity contribution in [1.29, 1.82) is 0 Å². The van der Waals surface area contributed by atoms with Crippen LogP contribution in [0.15, 0.2) is 22.5 Å². The highest BCUT2D eigenvalue weighted by Gasteiger charge is 2.10. The van der Waals surface area contributed by atoms with Crippen molar-refractivity contribution in [3.63, 3.8) is 0 Å². The molecule has 7 heteroatoms. The topological polar surface area (TPSA) is 66.9 Å². The van der Waals surface area contributed by atoms with Crippen LogP contribution in [-0.4, -0.2) is 28.4 Å². The normalized spacial score (nSPS) is 10.4. The maximum absolute atomic E-state index is 12.0. The highest BCUT2D eigenvalue weighted by Crippen LogP contribution is 2.26. The van der Waals surface area contributed by atoms with E-state index < -0.39 is 0 Å². The summed E-state index contributed by atoms with van der Waals surface area (Å²) in [6.07, 6.45) is 0. The molecule has 0 saturated carbocycles.